The number of allylic oxidation sites excluding steroid dienone is 1. The van der Waals surface area contributed by atoms with E-state index in [0.29, 0.717) is 30.4 Å². The third kappa shape index (κ3) is 7.41. The van der Waals surface area contributed by atoms with Gasteiger partial charge in [-0.05, 0) is 90.0 Å². The lowest BCUT2D eigenvalue weighted by atomic mass is 9.77. The molecule has 0 unspecified atom stereocenters. The van der Waals surface area contributed by atoms with Crippen LogP contribution in [0.5, 0.6) is 0 Å². The predicted molar refractivity (Wildman–Crippen MR) is 149 cm³/mol. The van der Waals surface area contributed by atoms with Gasteiger partial charge in [0.05, 0.1) is 22.9 Å². The van der Waals surface area contributed by atoms with Crippen LogP contribution in [0.25, 0.3) is 16.6 Å². The maximum atomic E-state index is 12.3. The quantitative estimate of drug-likeness (QED) is 0.367. The molecule has 2 fully saturated rings. The Balaban J connectivity index is 1.34. The Kier molecular flexibility index (Phi) is 8.63. The van der Waals surface area contributed by atoms with E-state index in [-0.39, 0.29) is 12.1 Å². The lowest BCUT2D eigenvalue weighted by molar-refractivity contribution is 0.0210. The van der Waals surface area contributed by atoms with Gasteiger partial charge in [0.2, 0.25) is 0 Å². The highest BCUT2D eigenvalue weighted by atomic mass is 16.6. The summed E-state index contributed by atoms with van der Waals surface area (Å²) < 4.78 is 5.50. The number of ether oxygens (including phenoxy) is 1. The van der Waals surface area contributed by atoms with E-state index >= 15 is 0 Å². The minimum atomic E-state index is -0.481. The molecule has 2 aromatic rings. The van der Waals surface area contributed by atoms with E-state index in [1.165, 1.54) is 12.6 Å². The number of aromatic nitrogens is 2. The zero-order chi connectivity index (χ0) is 26.4. The second kappa shape index (κ2) is 11.9. The van der Waals surface area contributed by atoms with Crippen LogP contribution in [0.3, 0.4) is 0 Å². The average molecular weight is 508 g/mol. The number of rotatable bonds is 9. The van der Waals surface area contributed by atoms with Crippen LogP contribution in [-0.2, 0) is 4.74 Å². The number of hydrogen-bond donors (Lipinski definition) is 4. The fourth-order valence-corrected chi connectivity index (χ4v) is 4.92. The van der Waals surface area contributed by atoms with E-state index < -0.39 is 5.60 Å². The zero-order valence-corrected chi connectivity index (χ0v) is 22.3. The molecule has 200 valence electrons. The Labute approximate surface area is 219 Å². The molecule has 0 atom stereocenters. The largest absolute Gasteiger partial charge is 0.444 e. The first-order valence-electron chi connectivity index (χ1n) is 13.4. The van der Waals surface area contributed by atoms with Gasteiger partial charge in [0.1, 0.15) is 5.60 Å². The number of nitrogens with two attached hydrogens (primary N) is 1. The van der Waals surface area contributed by atoms with Crippen LogP contribution in [-0.4, -0.2) is 64.5 Å². The van der Waals surface area contributed by atoms with E-state index in [0.717, 1.165) is 61.3 Å². The van der Waals surface area contributed by atoms with Crippen LogP contribution in [0.4, 0.5) is 10.5 Å². The van der Waals surface area contributed by atoms with Gasteiger partial charge < -0.3 is 31.4 Å². The third-order valence-electron chi connectivity index (χ3n) is 7.04. The van der Waals surface area contributed by atoms with Crippen LogP contribution < -0.4 is 16.4 Å². The SMILES string of the molecule is CC(C)(C)OC(=O)N1CCC(Nc2ccc3ncc(/C(C=N)=C/NC4CC(CCCN)C4)nc3c2)CC1. The smallest absolute Gasteiger partial charge is 0.410 e. The van der Waals surface area contributed by atoms with Crippen molar-refractivity contribution in [1.29, 1.82) is 5.41 Å². The molecule has 1 aromatic carbocycles. The number of anilines is 1. The van der Waals surface area contributed by atoms with Crippen LogP contribution >= 0.6 is 0 Å². The molecule has 4 rings (SSSR count). The number of fused-ring (bicyclic) bond motifs is 1. The number of benzene rings is 1. The number of piperidine rings is 1. The van der Waals surface area contributed by atoms with E-state index in [2.05, 4.69) is 15.6 Å². The number of amides is 1. The van der Waals surface area contributed by atoms with Crippen molar-refractivity contribution in [2.24, 2.45) is 11.7 Å². The van der Waals surface area contributed by atoms with E-state index in [4.69, 9.17) is 20.9 Å². The molecule has 1 saturated heterocycles. The lowest BCUT2D eigenvalue weighted by Crippen LogP contribution is -2.44. The van der Waals surface area contributed by atoms with Gasteiger partial charge in [0, 0.05) is 48.8 Å². The second-order valence-corrected chi connectivity index (χ2v) is 11.2. The second-order valence-electron chi connectivity index (χ2n) is 11.2. The van der Waals surface area contributed by atoms with E-state index in [9.17, 15) is 4.79 Å². The zero-order valence-electron chi connectivity index (χ0n) is 22.3. The highest BCUT2D eigenvalue weighted by Gasteiger charge is 2.28. The number of nitrogens with zero attached hydrogens (tertiary/aromatic N) is 3. The molecule has 5 N–H and O–H groups in total. The first-order valence-corrected chi connectivity index (χ1v) is 13.4. The fourth-order valence-electron chi connectivity index (χ4n) is 4.92. The Bertz CT molecular complexity index is 1110. The van der Waals surface area contributed by atoms with Crippen molar-refractivity contribution in [2.75, 3.05) is 25.0 Å². The van der Waals surface area contributed by atoms with Gasteiger partial charge in [0.25, 0.3) is 0 Å². The Morgan fingerprint density at radius 3 is 2.65 bits per heavy atom. The Morgan fingerprint density at radius 1 is 1.22 bits per heavy atom. The molecule has 1 aromatic heterocycles. The summed E-state index contributed by atoms with van der Waals surface area (Å²) in [6.07, 6.45) is 11.0. The van der Waals surface area contributed by atoms with E-state index in [1.54, 1.807) is 11.1 Å². The molecule has 9 nitrogen and oxygen atoms in total. The molecule has 0 spiro atoms. The summed E-state index contributed by atoms with van der Waals surface area (Å²) in [5.41, 5.74) is 9.10. The minimum absolute atomic E-state index is 0.243. The molecule has 0 radical (unpaired) electrons. The molecule has 1 amide bonds. The van der Waals surface area contributed by atoms with Gasteiger partial charge in [0.15, 0.2) is 0 Å². The summed E-state index contributed by atoms with van der Waals surface area (Å²) in [4.78, 5) is 23.5. The average Bonchev–Trinajstić information content (AvgIpc) is 2.84. The van der Waals surface area contributed by atoms with Gasteiger partial charge in [-0.25, -0.2) is 9.78 Å². The number of nitrogens with one attached hydrogen (secondary N) is 3. The first kappa shape index (κ1) is 26.9. The molecule has 2 heterocycles. The number of carbonyl (C=O) groups excluding carboxylic acids is 1. The summed E-state index contributed by atoms with van der Waals surface area (Å²) in [5, 5.41) is 14.9. The normalized spacial score (nSPS) is 20.9. The monoisotopic (exact) mass is 507 g/mol. The highest BCUT2D eigenvalue weighted by Crippen LogP contribution is 2.31. The van der Waals surface area contributed by atoms with Gasteiger partial charge in [-0.1, -0.05) is 0 Å². The van der Waals surface area contributed by atoms with Crippen molar-refractivity contribution in [3.05, 3.63) is 36.3 Å². The van der Waals surface area contributed by atoms with Crippen molar-refractivity contribution in [1.82, 2.24) is 20.2 Å². The molecule has 9 heteroatoms. The maximum Gasteiger partial charge on any atom is 0.410 e. The van der Waals surface area contributed by atoms with Crippen molar-refractivity contribution in [3.63, 3.8) is 0 Å². The Morgan fingerprint density at radius 2 is 1.97 bits per heavy atom. The fraction of sp³-hybridized carbons (Fsp3) is 0.571. The lowest BCUT2D eigenvalue weighted by Gasteiger charge is -2.35. The van der Waals surface area contributed by atoms with Crippen LogP contribution in [0, 0.1) is 11.3 Å². The summed E-state index contributed by atoms with van der Waals surface area (Å²) in [7, 11) is 0. The standard InChI is InChI=1S/C28H41N7O2/c1-28(2,3)37-27(36)35-11-8-21(9-12-35)33-22-6-7-24-25(15-22)34-26(18-32-24)20(16-30)17-31-23-13-19(14-23)5-4-10-29/h6-7,15-19,21,23,30-31,33H,4-5,8-14,29H2,1-3H3/b20-17+,30-16?. The molecular weight excluding hydrogens is 466 g/mol. The number of likely N-dealkylation sites (tertiary alicyclic amines) is 1. The molecule has 1 aliphatic carbocycles. The molecule has 1 aliphatic heterocycles. The Hall–Kier alpha value is -3.20. The van der Waals surface area contributed by atoms with Crippen molar-refractivity contribution in [3.8, 4) is 0 Å². The van der Waals surface area contributed by atoms with Crippen LogP contribution in [0.1, 0.15) is 65.0 Å². The highest BCUT2D eigenvalue weighted by molar-refractivity contribution is 6.07. The summed E-state index contributed by atoms with van der Waals surface area (Å²) >= 11 is 0. The summed E-state index contributed by atoms with van der Waals surface area (Å²) in [6.45, 7) is 7.76. The van der Waals surface area contributed by atoms with Crippen molar-refractivity contribution < 1.29 is 9.53 Å². The molecule has 0 bridgehead atoms. The predicted octanol–water partition coefficient (Wildman–Crippen LogP) is 4.54. The number of hydrogen-bond acceptors (Lipinski definition) is 8. The van der Waals surface area contributed by atoms with Gasteiger partial charge in [-0.15, -0.1) is 0 Å². The molecule has 1 saturated carbocycles. The summed E-state index contributed by atoms with van der Waals surface area (Å²) in [6, 6.07) is 6.71. The van der Waals surface area contributed by atoms with E-state index in [1.807, 2.05) is 45.2 Å². The van der Waals surface area contributed by atoms with Crippen molar-refractivity contribution in [2.45, 2.75) is 77.0 Å². The van der Waals surface area contributed by atoms with Crippen LogP contribution in [0.15, 0.2) is 30.6 Å². The summed E-state index contributed by atoms with van der Waals surface area (Å²) in [5.74, 6) is 0.758. The molecule has 37 heavy (non-hydrogen) atoms. The van der Waals surface area contributed by atoms with Crippen molar-refractivity contribution >= 4 is 34.6 Å². The topological polar surface area (TPSA) is 129 Å². The third-order valence-corrected chi connectivity index (χ3v) is 7.04. The van der Waals surface area contributed by atoms with Gasteiger partial charge >= 0.3 is 6.09 Å². The van der Waals surface area contributed by atoms with Crippen LogP contribution in [0.2, 0.25) is 0 Å². The molecular formula is C28H41N7O2. The minimum Gasteiger partial charge on any atom is -0.444 e. The molecule has 2 aliphatic rings. The van der Waals surface area contributed by atoms with Gasteiger partial charge in [-0.2, -0.15) is 0 Å². The maximum absolute atomic E-state index is 12.3. The van der Waals surface area contributed by atoms with Gasteiger partial charge in [-0.3, -0.25) is 4.98 Å². The number of carbonyl (C=O) groups is 1. The first-order chi connectivity index (χ1) is 17.7.